The Morgan fingerprint density at radius 1 is 1.43 bits per heavy atom. The fraction of sp³-hybridized carbons (Fsp3) is 0.154. The lowest BCUT2D eigenvalue weighted by atomic mass is 10.1. The van der Waals surface area contributed by atoms with Crippen molar-refractivity contribution < 1.29 is 14.7 Å². The molecule has 1 aromatic carbocycles. The van der Waals surface area contributed by atoms with Gasteiger partial charge < -0.3 is 10.4 Å². The van der Waals surface area contributed by atoms with Crippen molar-refractivity contribution >= 4 is 23.6 Å². The third-order valence-electron chi connectivity index (χ3n) is 2.67. The van der Waals surface area contributed by atoms with Crippen LogP contribution in [0.5, 0.6) is 0 Å². The molecule has 0 spiro atoms. The van der Waals surface area contributed by atoms with Crippen molar-refractivity contribution in [3.63, 3.8) is 0 Å². The molecule has 2 aromatic rings. The highest BCUT2D eigenvalue weighted by Crippen LogP contribution is 2.16. The van der Waals surface area contributed by atoms with Crippen molar-refractivity contribution in [3.05, 3.63) is 41.7 Å². The third-order valence-corrected chi connectivity index (χ3v) is 2.67. The van der Waals surface area contributed by atoms with Crippen molar-refractivity contribution in [3.8, 4) is 0 Å². The summed E-state index contributed by atoms with van der Waals surface area (Å²) < 4.78 is 1.30. The minimum Gasteiger partial charge on any atom is -0.478 e. The molecule has 8 heteroatoms. The van der Waals surface area contributed by atoms with Crippen LogP contribution in [0.25, 0.3) is 6.08 Å². The molecule has 0 unspecified atom stereocenters. The average Bonchev–Trinajstić information content (AvgIpc) is 2.92. The number of amides is 1. The second-order valence-corrected chi connectivity index (χ2v) is 4.30. The summed E-state index contributed by atoms with van der Waals surface area (Å²) >= 11 is 0. The van der Waals surface area contributed by atoms with Gasteiger partial charge in [-0.1, -0.05) is 6.07 Å². The van der Waals surface area contributed by atoms with Crippen molar-refractivity contribution in [1.82, 2.24) is 20.2 Å². The summed E-state index contributed by atoms with van der Waals surface area (Å²) in [6.45, 7) is 1.86. The molecule has 1 amide bonds. The Balaban J connectivity index is 2.08. The third kappa shape index (κ3) is 4.23. The van der Waals surface area contributed by atoms with Gasteiger partial charge >= 0.3 is 5.97 Å². The van der Waals surface area contributed by atoms with E-state index in [1.807, 2.05) is 6.92 Å². The number of hydrogen-bond acceptors (Lipinski definition) is 5. The van der Waals surface area contributed by atoms with E-state index in [9.17, 15) is 9.59 Å². The number of carbonyl (C=O) groups excluding carboxylic acids is 1. The van der Waals surface area contributed by atoms with Crippen LogP contribution in [0.1, 0.15) is 11.1 Å². The van der Waals surface area contributed by atoms with Crippen LogP contribution in [0, 0.1) is 6.92 Å². The number of aromatic nitrogens is 4. The first-order valence-corrected chi connectivity index (χ1v) is 6.07. The smallest absolute Gasteiger partial charge is 0.328 e. The fourth-order valence-corrected chi connectivity index (χ4v) is 1.66. The zero-order valence-electron chi connectivity index (χ0n) is 11.2. The number of carbonyl (C=O) groups is 2. The van der Waals surface area contributed by atoms with E-state index < -0.39 is 5.97 Å². The van der Waals surface area contributed by atoms with Crippen molar-refractivity contribution in [2.45, 2.75) is 13.5 Å². The first-order chi connectivity index (χ1) is 10.0. The monoisotopic (exact) mass is 287 g/mol. The Morgan fingerprint density at radius 2 is 2.24 bits per heavy atom. The van der Waals surface area contributed by atoms with Crippen LogP contribution in [0.3, 0.4) is 0 Å². The van der Waals surface area contributed by atoms with Gasteiger partial charge in [-0.25, -0.2) is 9.48 Å². The summed E-state index contributed by atoms with van der Waals surface area (Å²) in [6, 6.07) is 5.24. The number of carboxylic acids is 1. The van der Waals surface area contributed by atoms with Gasteiger partial charge in [0.05, 0.1) is 0 Å². The van der Waals surface area contributed by atoms with E-state index in [1.54, 1.807) is 18.2 Å². The number of rotatable bonds is 5. The van der Waals surface area contributed by atoms with Gasteiger partial charge in [-0.15, -0.1) is 5.10 Å². The molecule has 0 saturated carbocycles. The van der Waals surface area contributed by atoms with Crippen LogP contribution in [0.4, 0.5) is 5.69 Å². The van der Waals surface area contributed by atoms with E-state index in [0.717, 1.165) is 17.2 Å². The summed E-state index contributed by atoms with van der Waals surface area (Å²) in [5.74, 6) is -1.30. The number of nitrogens with zero attached hydrogens (tertiary/aromatic N) is 4. The average molecular weight is 287 g/mol. The minimum atomic E-state index is -1.03. The van der Waals surface area contributed by atoms with Crippen molar-refractivity contribution in [2.75, 3.05) is 5.32 Å². The Labute approximate surface area is 120 Å². The van der Waals surface area contributed by atoms with Crippen molar-refractivity contribution in [2.24, 2.45) is 0 Å². The number of anilines is 1. The number of tetrazole rings is 1. The van der Waals surface area contributed by atoms with E-state index in [0.29, 0.717) is 5.69 Å². The highest BCUT2D eigenvalue weighted by atomic mass is 16.4. The standard InChI is InChI=1S/C13H13N5O3/c1-9-2-4-11(6-10(9)3-5-13(20)21)15-12(19)7-18-8-14-16-17-18/h2-6,8H,7H2,1H3,(H,15,19)(H,20,21). The Kier molecular flexibility index (Phi) is 4.39. The molecule has 0 aliphatic rings. The Bertz CT molecular complexity index is 679. The molecule has 8 nitrogen and oxygen atoms in total. The molecular formula is C13H13N5O3. The number of aliphatic carboxylic acids is 1. The van der Waals surface area contributed by atoms with Crippen molar-refractivity contribution in [1.29, 1.82) is 0 Å². The molecule has 108 valence electrons. The molecule has 0 bridgehead atoms. The lowest BCUT2D eigenvalue weighted by molar-refractivity contribution is -0.131. The lowest BCUT2D eigenvalue weighted by Gasteiger charge is -2.07. The molecule has 2 rings (SSSR count). The topological polar surface area (TPSA) is 110 Å². The van der Waals surface area contributed by atoms with Crippen LogP contribution in [-0.4, -0.2) is 37.2 Å². The quantitative estimate of drug-likeness (QED) is 0.784. The lowest BCUT2D eigenvalue weighted by Crippen LogP contribution is -2.19. The van der Waals surface area contributed by atoms with E-state index in [2.05, 4.69) is 20.8 Å². The largest absolute Gasteiger partial charge is 0.478 e. The van der Waals surface area contributed by atoms with Crippen LogP contribution in [-0.2, 0) is 16.1 Å². The summed E-state index contributed by atoms with van der Waals surface area (Å²) in [6.07, 6.45) is 3.87. The molecule has 0 aliphatic heterocycles. The number of hydrogen-bond donors (Lipinski definition) is 2. The van der Waals surface area contributed by atoms with Gasteiger partial charge in [0.15, 0.2) is 0 Å². The molecular weight excluding hydrogens is 274 g/mol. The number of aryl methyl sites for hydroxylation is 1. The van der Waals surface area contributed by atoms with Gasteiger partial charge in [0.2, 0.25) is 5.91 Å². The minimum absolute atomic E-state index is 0.00117. The predicted octanol–water partition coefficient (Wildman–Crippen LogP) is 0.718. The van der Waals surface area contributed by atoms with Crippen LogP contribution >= 0.6 is 0 Å². The number of carboxylic acid groups (broad SMARTS) is 1. The SMILES string of the molecule is Cc1ccc(NC(=O)Cn2cnnn2)cc1C=CC(=O)O. The Hall–Kier alpha value is -3.03. The molecule has 0 atom stereocenters. The summed E-state index contributed by atoms with van der Waals surface area (Å²) in [5.41, 5.74) is 2.20. The number of benzene rings is 1. The first kappa shape index (κ1) is 14.4. The summed E-state index contributed by atoms with van der Waals surface area (Å²) in [7, 11) is 0. The van der Waals surface area contributed by atoms with E-state index >= 15 is 0 Å². The van der Waals surface area contributed by atoms with Gasteiger partial charge in [0.25, 0.3) is 0 Å². The molecule has 21 heavy (non-hydrogen) atoms. The molecule has 0 fully saturated rings. The molecule has 0 saturated heterocycles. The highest BCUT2D eigenvalue weighted by Gasteiger charge is 2.06. The van der Waals surface area contributed by atoms with Crippen LogP contribution < -0.4 is 5.32 Å². The normalized spacial score (nSPS) is 10.7. The van der Waals surface area contributed by atoms with Gasteiger partial charge in [0.1, 0.15) is 12.9 Å². The molecule has 1 heterocycles. The van der Waals surface area contributed by atoms with Crippen LogP contribution in [0.15, 0.2) is 30.6 Å². The highest BCUT2D eigenvalue weighted by molar-refractivity contribution is 5.91. The summed E-state index contributed by atoms with van der Waals surface area (Å²) in [5, 5.41) is 21.8. The molecule has 1 aromatic heterocycles. The predicted molar refractivity (Wildman–Crippen MR) is 74.3 cm³/mol. The zero-order valence-corrected chi connectivity index (χ0v) is 11.2. The molecule has 2 N–H and O–H groups in total. The second kappa shape index (κ2) is 6.42. The van der Waals surface area contributed by atoms with Gasteiger partial charge in [-0.2, -0.15) is 0 Å². The molecule has 0 aliphatic carbocycles. The van der Waals surface area contributed by atoms with E-state index in [-0.39, 0.29) is 12.5 Å². The maximum atomic E-state index is 11.8. The zero-order chi connectivity index (χ0) is 15.2. The number of nitrogens with one attached hydrogen (secondary N) is 1. The van der Waals surface area contributed by atoms with E-state index in [1.165, 1.54) is 17.1 Å². The second-order valence-electron chi connectivity index (χ2n) is 4.30. The Morgan fingerprint density at radius 3 is 2.90 bits per heavy atom. The van der Waals surface area contributed by atoms with Gasteiger partial charge in [-0.05, 0) is 46.7 Å². The summed E-state index contributed by atoms with van der Waals surface area (Å²) in [4.78, 5) is 22.3. The van der Waals surface area contributed by atoms with Crippen LogP contribution in [0.2, 0.25) is 0 Å². The first-order valence-electron chi connectivity index (χ1n) is 6.07. The molecule has 0 radical (unpaired) electrons. The maximum Gasteiger partial charge on any atom is 0.328 e. The maximum absolute atomic E-state index is 11.8. The fourth-order valence-electron chi connectivity index (χ4n) is 1.66. The van der Waals surface area contributed by atoms with E-state index in [4.69, 9.17) is 5.11 Å². The van der Waals surface area contributed by atoms with Gasteiger partial charge in [-0.3, -0.25) is 4.79 Å². The van der Waals surface area contributed by atoms with Gasteiger partial charge in [0, 0.05) is 11.8 Å².